The van der Waals surface area contributed by atoms with Gasteiger partial charge in [0.25, 0.3) is 0 Å². The molecular weight excluding hydrogens is 206 g/mol. The molecule has 2 N–H and O–H groups in total. The van der Waals surface area contributed by atoms with Gasteiger partial charge in [-0.25, -0.2) is 9.78 Å². The maximum Gasteiger partial charge on any atom is 0.317 e. The van der Waals surface area contributed by atoms with Gasteiger partial charge in [-0.15, -0.1) is 0 Å². The Bertz CT molecular complexity index is 359. The number of likely N-dealkylation sites (N-methyl/N-ethyl adjacent to an activating group) is 1. The van der Waals surface area contributed by atoms with E-state index in [1.807, 2.05) is 0 Å². The first-order chi connectivity index (χ1) is 6.59. The van der Waals surface area contributed by atoms with E-state index in [1.165, 1.54) is 4.68 Å². The quantitative estimate of drug-likeness (QED) is 0.637. The van der Waals surface area contributed by atoms with Gasteiger partial charge in [-0.05, 0) is 29.7 Å². The lowest BCUT2D eigenvalue weighted by Gasteiger charge is -2.12. The average Bonchev–Trinajstić information content (AvgIpc) is 2.46. The Balaban J connectivity index is 2.37. The average molecular weight is 217 g/mol. The van der Waals surface area contributed by atoms with E-state index in [0.717, 1.165) is 0 Å². The SMILES string of the molecule is CN(CCn1nn[nH]c1=S)CC(=O)O. The molecule has 0 amide bonds. The lowest BCUT2D eigenvalue weighted by Crippen LogP contribution is -2.29. The van der Waals surface area contributed by atoms with E-state index in [-0.39, 0.29) is 6.54 Å². The molecule has 1 aromatic rings. The summed E-state index contributed by atoms with van der Waals surface area (Å²) in [5, 5.41) is 18.2. The number of carboxylic acid groups (broad SMARTS) is 1. The fourth-order valence-electron chi connectivity index (χ4n) is 0.939. The van der Waals surface area contributed by atoms with Gasteiger partial charge >= 0.3 is 5.97 Å². The molecule has 0 aliphatic heterocycles. The first-order valence-corrected chi connectivity index (χ1v) is 4.39. The second kappa shape index (κ2) is 4.82. The van der Waals surface area contributed by atoms with Crippen molar-refractivity contribution in [1.29, 1.82) is 0 Å². The normalized spacial score (nSPS) is 10.7. The highest BCUT2D eigenvalue weighted by molar-refractivity contribution is 7.71. The molecule has 1 heterocycles. The Morgan fingerprint density at radius 1 is 1.79 bits per heavy atom. The molecule has 0 saturated heterocycles. The van der Waals surface area contributed by atoms with E-state index in [9.17, 15) is 4.79 Å². The van der Waals surface area contributed by atoms with Crippen molar-refractivity contribution in [1.82, 2.24) is 25.1 Å². The molecule has 0 aliphatic rings. The monoisotopic (exact) mass is 217 g/mol. The third-order valence-electron chi connectivity index (χ3n) is 1.63. The standard InChI is InChI=1S/C6H11N5O2S/c1-10(4-5(12)13)2-3-11-6(14)7-8-9-11/h2-4H2,1H3,(H,12,13)(H,7,9,14). The topological polar surface area (TPSA) is 87.0 Å². The third kappa shape index (κ3) is 3.23. The zero-order valence-corrected chi connectivity index (χ0v) is 8.49. The predicted molar refractivity (Wildman–Crippen MR) is 50.3 cm³/mol. The summed E-state index contributed by atoms with van der Waals surface area (Å²) in [6.45, 7) is 1.09. The molecule has 0 spiro atoms. The van der Waals surface area contributed by atoms with Crippen molar-refractivity contribution in [2.24, 2.45) is 0 Å². The van der Waals surface area contributed by atoms with Crippen LogP contribution >= 0.6 is 12.2 Å². The largest absolute Gasteiger partial charge is 0.480 e. The number of carbonyl (C=O) groups is 1. The fraction of sp³-hybridized carbons (Fsp3) is 0.667. The predicted octanol–water partition coefficient (Wildman–Crippen LogP) is -0.648. The number of aromatic nitrogens is 4. The molecule has 0 bridgehead atoms. The van der Waals surface area contributed by atoms with Crippen LogP contribution in [0.15, 0.2) is 0 Å². The number of rotatable bonds is 5. The summed E-state index contributed by atoms with van der Waals surface area (Å²) in [7, 11) is 1.72. The van der Waals surface area contributed by atoms with Gasteiger partial charge in [0.05, 0.1) is 13.1 Å². The highest BCUT2D eigenvalue weighted by Gasteiger charge is 2.04. The number of hydrogen-bond donors (Lipinski definition) is 2. The van der Waals surface area contributed by atoms with Gasteiger partial charge in [-0.3, -0.25) is 9.69 Å². The molecular formula is C6H11N5O2S. The molecule has 8 heteroatoms. The number of hydrogen-bond acceptors (Lipinski definition) is 5. The minimum Gasteiger partial charge on any atom is -0.480 e. The molecule has 1 aromatic heterocycles. The molecule has 0 fully saturated rings. The summed E-state index contributed by atoms with van der Waals surface area (Å²) in [6.07, 6.45) is 0. The summed E-state index contributed by atoms with van der Waals surface area (Å²) in [6, 6.07) is 0. The number of nitrogens with one attached hydrogen (secondary N) is 1. The Morgan fingerprint density at radius 2 is 2.50 bits per heavy atom. The smallest absolute Gasteiger partial charge is 0.317 e. The van der Waals surface area contributed by atoms with Crippen LogP contribution in [0.1, 0.15) is 0 Å². The number of carboxylic acids is 1. The fourth-order valence-corrected chi connectivity index (χ4v) is 1.11. The first-order valence-electron chi connectivity index (χ1n) is 3.98. The van der Waals surface area contributed by atoms with Crippen molar-refractivity contribution in [3.63, 3.8) is 0 Å². The number of nitrogens with zero attached hydrogens (tertiary/aromatic N) is 4. The maximum absolute atomic E-state index is 10.3. The molecule has 0 aliphatic carbocycles. The molecule has 0 unspecified atom stereocenters. The van der Waals surface area contributed by atoms with Crippen molar-refractivity contribution in [3.8, 4) is 0 Å². The van der Waals surface area contributed by atoms with Crippen molar-refractivity contribution < 1.29 is 9.90 Å². The van der Waals surface area contributed by atoms with E-state index in [0.29, 0.717) is 17.9 Å². The Hall–Kier alpha value is -1.28. The number of tetrazole rings is 1. The van der Waals surface area contributed by atoms with Crippen molar-refractivity contribution in [2.45, 2.75) is 6.54 Å². The van der Waals surface area contributed by atoms with Crippen LogP contribution in [0.25, 0.3) is 0 Å². The van der Waals surface area contributed by atoms with Gasteiger partial charge in [-0.1, -0.05) is 0 Å². The Labute approximate surface area is 85.3 Å². The van der Waals surface area contributed by atoms with E-state index < -0.39 is 5.97 Å². The lowest BCUT2D eigenvalue weighted by molar-refractivity contribution is -0.138. The van der Waals surface area contributed by atoms with Gasteiger partial charge in [0, 0.05) is 6.54 Å². The Morgan fingerprint density at radius 3 is 3.00 bits per heavy atom. The van der Waals surface area contributed by atoms with Crippen LogP contribution in [0.4, 0.5) is 0 Å². The van der Waals surface area contributed by atoms with Crippen molar-refractivity contribution >= 4 is 18.2 Å². The number of aromatic amines is 1. The van der Waals surface area contributed by atoms with Crippen LogP contribution in [0, 0.1) is 4.77 Å². The molecule has 78 valence electrons. The van der Waals surface area contributed by atoms with Crippen LogP contribution in [-0.4, -0.2) is 56.3 Å². The van der Waals surface area contributed by atoms with Gasteiger partial charge in [0.1, 0.15) is 0 Å². The van der Waals surface area contributed by atoms with Crippen LogP contribution in [0.3, 0.4) is 0 Å². The minimum absolute atomic E-state index is 0.00513. The third-order valence-corrected chi connectivity index (χ3v) is 1.93. The highest BCUT2D eigenvalue weighted by Crippen LogP contribution is 1.87. The van der Waals surface area contributed by atoms with Crippen LogP contribution in [0.5, 0.6) is 0 Å². The summed E-state index contributed by atoms with van der Waals surface area (Å²) >= 11 is 4.87. The second-order valence-corrected chi connectivity index (χ2v) is 3.25. The number of aliphatic carboxylic acids is 1. The minimum atomic E-state index is -0.851. The number of H-pyrrole nitrogens is 1. The van der Waals surface area contributed by atoms with E-state index >= 15 is 0 Å². The lowest BCUT2D eigenvalue weighted by atomic mass is 10.5. The highest BCUT2D eigenvalue weighted by atomic mass is 32.1. The molecule has 0 saturated carbocycles. The molecule has 1 rings (SSSR count). The van der Waals surface area contributed by atoms with E-state index in [1.54, 1.807) is 11.9 Å². The van der Waals surface area contributed by atoms with Crippen LogP contribution in [0.2, 0.25) is 0 Å². The molecule has 7 nitrogen and oxygen atoms in total. The van der Waals surface area contributed by atoms with Gasteiger partial charge in [0.15, 0.2) is 0 Å². The zero-order valence-electron chi connectivity index (χ0n) is 7.67. The summed E-state index contributed by atoms with van der Waals surface area (Å²) in [5.74, 6) is -0.851. The second-order valence-electron chi connectivity index (χ2n) is 2.86. The van der Waals surface area contributed by atoms with E-state index in [2.05, 4.69) is 15.5 Å². The summed E-state index contributed by atoms with van der Waals surface area (Å²) in [4.78, 5) is 12.0. The van der Waals surface area contributed by atoms with Crippen molar-refractivity contribution in [3.05, 3.63) is 4.77 Å². The van der Waals surface area contributed by atoms with E-state index in [4.69, 9.17) is 17.3 Å². The summed E-state index contributed by atoms with van der Waals surface area (Å²) in [5.41, 5.74) is 0. The molecule has 0 radical (unpaired) electrons. The first kappa shape index (κ1) is 10.8. The molecule has 0 atom stereocenters. The Kier molecular flexibility index (Phi) is 3.72. The maximum atomic E-state index is 10.3. The van der Waals surface area contributed by atoms with Crippen LogP contribution < -0.4 is 0 Å². The van der Waals surface area contributed by atoms with Gasteiger partial charge in [0.2, 0.25) is 4.77 Å². The summed E-state index contributed by atoms with van der Waals surface area (Å²) < 4.78 is 1.95. The molecule has 14 heavy (non-hydrogen) atoms. The van der Waals surface area contributed by atoms with Gasteiger partial charge < -0.3 is 5.11 Å². The molecule has 0 aromatic carbocycles. The van der Waals surface area contributed by atoms with Crippen molar-refractivity contribution in [2.75, 3.05) is 20.1 Å². The zero-order chi connectivity index (χ0) is 10.6. The van der Waals surface area contributed by atoms with Crippen LogP contribution in [-0.2, 0) is 11.3 Å². The van der Waals surface area contributed by atoms with Gasteiger partial charge in [-0.2, -0.15) is 0 Å².